The van der Waals surface area contributed by atoms with Crippen molar-refractivity contribution in [1.82, 2.24) is 9.71 Å². The number of aromatic nitrogens is 1. The molecule has 2 N–H and O–H groups in total. The van der Waals surface area contributed by atoms with Crippen LogP contribution in [0.2, 0.25) is 0 Å². The van der Waals surface area contributed by atoms with Crippen LogP contribution >= 0.6 is 15.9 Å². The Morgan fingerprint density at radius 2 is 1.75 bits per heavy atom. The lowest BCUT2D eigenvalue weighted by Crippen LogP contribution is -2.18. The molecule has 0 aliphatic carbocycles. The van der Waals surface area contributed by atoms with Gasteiger partial charge in [-0.25, -0.2) is 13.1 Å². The normalized spacial score (nSPS) is 11.2. The highest BCUT2D eigenvalue weighted by Gasteiger charge is 2.14. The number of amides is 1. The van der Waals surface area contributed by atoms with Gasteiger partial charge in [0.05, 0.1) is 21.8 Å². The second kappa shape index (κ2) is 8.22. The van der Waals surface area contributed by atoms with Crippen molar-refractivity contribution in [1.29, 1.82) is 0 Å². The molecule has 144 valence electrons. The summed E-state index contributed by atoms with van der Waals surface area (Å²) in [6.07, 6.45) is 0. The minimum absolute atomic E-state index is 0.129. The molecule has 0 saturated carbocycles. The number of anilines is 1. The van der Waals surface area contributed by atoms with E-state index in [1.165, 1.54) is 19.2 Å². The highest BCUT2D eigenvalue weighted by molar-refractivity contribution is 9.10. The third-order valence-corrected chi connectivity index (χ3v) is 6.07. The fourth-order valence-corrected chi connectivity index (χ4v) is 3.77. The molecule has 28 heavy (non-hydrogen) atoms. The second-order valence-corrected chi connectivity index (χ2v) is 8.83. The molecule has 0 saturated heterocycles. The van der Waals surface area contributed by atoms with Crippen LogP contribution in [0.25, 0.3) is 11.3 Å². The van der Waals surface area contributed by atoms with Crippen LogP contribution < -0.4 is 10.0 Å². The monoisotopic (exact) mass is 459 g/mol. The lowest BCUT2D eigenvalue weighted by Gasteiger charge is -2.10. The van der Waals surface area contributed by atoms with Crippen molar-refractivity contribution in [3.05, 3.63) is 76.4 Å². The number of pyridine rings is 1. The van der Waals surface area contributed by atoms with E-state index in [1.807, 2.05) is 24.3 Å². The van der Waals surface area contributed by atoms with Gasteiger partial charge in [-0.15, -0.1) is 0 Å². The molecular weight excluding hydrogens is 442 g/mol. The molecule has 6 nitrogen and oxygen atoms in total. The van der Waals surface area contributed by atoms with Gasteiger partial charge in [0.2, 0.25) is 10.0 Å². The maximum absolute atomic E-state index is 12.6. The van der Waals surface area contributed by atoms with Crippen LogP contribution in [0.5, 0.6) is 0 Å². The van der Waals surface area contributed by atoms with Gasteiger partial charge in [0.1, 0.15) is 0 Å². The lowest BCUT2D eigenvalue weighted by atomic mass is 10.1. The molecule has 0 unspecified atom stereocenters. The van der Waals surface area contributed by atoms with E-state index in [0.717, 1.165) is 15.7 Å². The molecule has 3 aromatic rings. The van der Waals surface area contributed by atoms with E-state index in [-0.39, 0.29) is 10.8 Å². The Kier molecular flexibility index (Phi) is 5.93. The van der Waals surface area contributed by atoms with Crippen LogP contribution in [-0.4, -0.2) is 26.4 Å². The van der Waals surface area contributed by atoms with Crippen LogP contribution in [0.15, 0.2) is 70.0 Å². The smallest absolute Gasteiger partial charge is 0.257 e. The number of carbonyl (C=O) groups is 1. The number of sulfonamides is 1. The minimum Gasteiger partial charge on any atom is -0.322 e. The quantitative estimate of drug-likeness (QED) is 0.603. The van der Waals surface area contributed by atoms with Gasteiger partial charge in [-0.3, -0.25) is 9.78 Å². The third kappa shape index (κ3) is 4.46. The lowest BCUT2D eigenvalue weighted by molar-refractivity contribution is 0.102. The Bertz CT molecular complexity index is 1130. The van der Waals surface area contributed by atoms with Crippen molar-refractivity contribution in [2.75, 3.05) is 12.4 Å². The zero-order valence-electron chi connectivity index (χ0n) is 15.2. The van der Waals surface area contributed by atoms with Crippen LogP contribution in [-0.2, 0) is 10.0 Å². The van der Waals surface area contributed by atoms with Gasteiger partial charge in [-0.05, 0) is 62.5 Å². The number of carbonyl (C=O) groups excluding carboxylic acids is 1. The van der Waals surface area contributed by atoms with E-state index in [0.29, 0.717) is 16.9 Å². The highest BCUT2D eigenvalue weighted by atomic mass is 79.9. The largest absolute Gasteiger partial charge is 0.322 e. The van der Waals surface area contributed by atoms with E-state index >= 15 is 0 Å². The topological polar surface area (TPSA) is 88.2 Å². The summed E-state index contributed by atoms with van der Waals surface area (Å²) in [5.74, 6) is -0.310. The molecule has 0 aliphatic heterocycles. The Morgan fingerprint density at radius 1 is 1.04 bits per heavy atom. The molecule has 2 aromatic carbocycles. The van der Waals surface area contributed by atoms with Gasteiger partial charge in [0.25, 0.3) is 5.91 Å². The zero-order chi connectivity index (χ0) is 20.3. The molecule has 1 heterocycles. The van der Waals surface area contributed by atoms with E-state index < -0.39 is 10.0 Å². The van der Waals surface area contributed by atoms with Crippen molar-refractivity contribution >= 4 is 37.5 Å². The van der Waals surface area contributed by atoms with E-state index in [9.17, 15) is 13.2 Å². The van der Waals surface area contributed by atoms with E-state index in [2.05, 4.69) is 31.0 Å². The average Bonchev–Trinajstić information content (AvgIpc) is 2.68. The summed E-state index contributed by atoms with van der Waals surface area (Å²) in [6.45, 7) is 1.78. The molecule has 0 radical (unpaired) electrons. The Labute approximate surface area is 172 Å². The van der Waals surface area contributed by atoms with Crippen LogP contribution in [0.1, 0.15) is 16.1 Å². The fraction of sp³-hybridized carbons (Fsp3) is 0.100. The predicted octanol–water partition coefficient (Wildman–Crippen LogP) is 3.98. The fourth-order valence-electron chi connectivity index (χ4n) is 2.64. The Morgan fingerprint density at radius 3 is 2.36 bits per heavy atom. The molecule has 8 heteroatoms. The number of benzene rings is 2. The van der Waals surface area contributed by atoms with E-state index in [4.69, 9.17) is 0 Å². The van der Waals surface area contributed by atoms with Gasteiger partial charge in [-0.2, -0.15) is 0 Å². The molecule has 0 bridgehead atoms. The maximum Gasteiger partial charge on any atom is 0.257 e. The molecule has 1 aromatic heterocycles. The molecular formula is C20H18BrN3O3S. The average molecular weight is 460 g/mol. The number of halogens is 1. The summed E-state index contributed by atoms with van der Waals surface area (Å²) >= 11 is 3.44. The molecule has 0 fully saturated rings. The van der Waals surface area contributed by atoms with E-state index in [1.54, 1.807) is 31.2 Å². The molecule has 0 aliphatic rings. The number of hydrogen-bond donors (Lipinski definition) is 2. The van der Waals surface area contributed by atoms with Gasteiger partial charge in [-0.1, -0.05) is 28.1 Å². The van der Waals surface area contributed by atoms with Gasteiger partial charge >= 0.3 is 0 Å². The van der Waals surface area contributed by atoms with Gasteiger partial charge in [0, 0.05) is 15.7 Å². The summed E-state index contributed by atoms with van der Waals surface area (Å²) in [7, 11) is -2.17. The molecule has 0 spiro atoms. The molecule has 0 atom stereocenters. The number of rotatable bonds is 5. The summed E-state index contributed by atoms with van der Waals surface area (Å²) in [6, 6.07) is 17.3. The first kappa shape index (κ1) is 20.2. The third-order valence-electron chi connectivity index (χ3n) is 4.14. The van der Waals surface area contributed by atoms with Crippen molar-refractivity contribution < 1.29 is 13.2 Å². The minimum atomic E-state index is -3.51. The first-order valence-electron chi connectivity index (χ1n) is 8.39. The standard InChI is InChI=1S/C20H18BrN3O3S/c1-13-18(10-11-19(23-13)14-4-3-5-15(21)12-14)20(25)24-16-6-8-17(9-7-16)28(26,27)22-2/h3-12,22H,1-2H3,(H,24,25). The second-order valence-electron chi connectivity index (χ2n) is 6.03. The predicted molar refractivity (Wildman–Crippen MR) is 113 cm³/mol. The van der Waals surface area contributed by atoms with Crippen LogP contribution in [0.4, 0.5) is 5.69 Å². The van der Waals surface area contributed by atoms with Crippen molar-refractivity contribution in [3.63, 3.8) is 0 Å². The Hall–Kier alpha value is -2.55. The summed E-state index contributed by atoms with van der Waals surface area (Å²) in [5, 5.41) is 2.76. The van der Waals surface area contributed by atoms with Crippen molar-refractivity contribution in [2.24, 2.45) is 0 Å². The van der Waals surface area contributed by atoms with Crippen LogP contribution in [0.3, 0.4) is 0 Å². The molecule has 3 rings (SSSR count). The first-order valence-corrected chi connectivity index (χ1v) is 10.7. The number of nitrogens with one attached hydrogen (secondary N) is 2. The number of aryl methyl sites for hydroxylation is 1. The van der Waals surface area contributed by atoms with Gasteiger partial charge < -0.3 is 5.32 Å². The Balaban J connectivity index is 1.79. The summed E-state index contributed by atoms with van der Waals surface area (Å²) in [5.41, 5.74) is 3.27. The maximum atomic E-state index is 12.6. The highest BCUT2D eigenvalue weighted by Crippen LogP contribution is 2.23. The van der Waals surface area contributed by atoms with Crippen molar-refractivity contribution in [2.45, 2.75) is 11.8 Å². The summed E-state index contributed by atoms with van der Waals surface area (Å²) < 4.78 is 26.7. The summed E-state index contributed by atoms with van der Waals surface area (Å²) in [4.78, 5) is 17.2. The first-order chi connectivity index (χ1) is 13.3. The SMILES string of the molecule is CNS(=O)(=O)c1ccc(NC(=O)c2ccc(-c3cccc(Br)c3)nc2C)cc1. The van der Waals surface area contributed by atoms with Gasteiger partial charge in [0.15, 0.2) is 0 Å². The van der Waals surface area contributed by atoms with Crippen molar-refractivity contribution in [3.8, 4) is 11.3 Å². The number of nitrogens with zero attached hydrogens (tertiary/aromatic N) is 1. The molecule has 1 amide bonds. The number of hydrogen-bond acceptors (Lipinski definition) is 4. The van der Waals surface area contributed by atoms with Crippen LogP contribution in [0, 0.1) is 6.92 Å². The zero-order valence-corrected chi connectivity index (χ0v) is 17.6.